The van der Waals surface area contributed by atoms with Gasteiger partial charge in [-0.2, -0.15) is 0 Å². The van der Waals surface area contributed by atoms with Crippen molar-refractivity contribution in [2.24, 2.45) is 0 Å². The maximum atomic E-state index is 6.59. The number of anilines is 3. The standard InChI is InChI=1S/C50H33NO/c1-2-17-41(18-3-1)51(42-29-26-35(27-30-42)38-15-10-16-39(32-38)40-25-24-34-12-4-5-14-37(34)33-40)47-22-9-8-20-44(47)45-21-11-23-48-49(45)46-31-28-36-13-6-7-19-43(36)50(46)52-48/h1-33H. The van der Waals surface area contributed by atoms with E-state index in [0.29, 0.717) is 0 Å². The van der Waals surface area contributed by atoms with Gasteiger partial charge in [0.2, 0.25) is 0 Å². The summed E-state index contributed by atoms with van der Waals surface area (Å²) in [7, 11) is 0. The molecule has 0 aliphatic carbocycles. The van der Waals surface area contributed by atoms with E-state index in [2.05, 4.69) is 205 Å². The molecule has 0 radical (unpaired) electrons. The first-order valence-electron chi connectivity index (χ1n) is 17.8. The molecule has 0 bridgehead atoms. The molecule has 244 valence electrons. The number of nitrogens with zero attached hydrogens (tertiary/aromatic N) is 1. The van der Waals surface area contributed by atoms with E-state index in [9.17, 15) is 0 Å². The van der Waals surface area contributed by atoms with Gasteiger partial charge in [0.05, 0.1) is 5.69 Å². The summed E-state index contributed by atoms with van der Waals surface area (Å²) in [6, 6.07) is 71.6. The summed E-state index contributed by atoms with van der Waals surface area (Å²) in [5, 5.41) is 7.07. The van der Waals surface area contributed by atoms with Gasteiger partial charge in [0, 0.05) is 33.1 Å². The molecular formula is C50H33NO. The predicted molar refractivity (Wildman–Crippen MR) is 220 cm³/mol. The first-order chi connectivity index (χ1) is 25.8. The van der Waals surface area contributed by atoms with Crippen LogP contribution in [0.4, 0.5) is 17.1 Å². The van der Waals surface area contributed by atoms with Crippen LogP contribution in [0, 0.1) is 0 Å². The average molecular weight is 664 g/mol. The van der Waals surface area contributed by atoms with Crippen LogP contribution in [0.25, 0.3) is 76.9 Å². The molecule has 1 aromatic heterocycles. The highest BCUT2D eigenvalue weighted by molar-refractivity contribution is 6.19. The minimum absolute atomic E-state index is 0.889. The lowest BCUT2D eigenvalue weighted by Gasteiger charge is -2.28. The fourth-order valence-corrected chi connectivity index (χ4v) is 7.73. The molecule has 0 spiro atoms. The van der Waals surface area contributed by atoms with Crippen molar-refractivity contribution in [2.45, 2.75) is 0 Å². The van der Waals surface area contributed by atoms with Gasteiger partial charge in [-0.15, -0.1) is 0 Å². The van der Waals surface area contributed by atoms with Gasteiger partial charge in [0.15, 0.2) is 0 Å². The molecule has 0 N–H and O–H groups in total. The second kappa shape index (κ2) is 12.5. The van der Waals surface area contributed by atoms with Gasteiger partial charge < -0.3 is 9.32 Å². The van der Waals surface area contributed by atoms with Crippen molar-refractivity contribution in [2.75, 3.05) is 4.90 Å². The largest absolute Gasteiger partial charge is 0.455 e. The van der Waals surface area contributed by atoms with Gasteiger partial charge in [-0.1, -0.05) is 146 Å². The van der Waals surface area contributed by atoms with Crippen LogP contribution in [0.3, 0.4) is 0 Å². The molecule has 0 amide bonds. The third kappa shape index (κ3) is 5.12. The summed E-state index contributed by atoms with van der Waals surface area (Å²) in [6.07, 6.45) is 0. The van der Waals surface area contributed by atoms with Gasteiger partial charge in [-0.05, 0) is 98.6 Å². The highest BCUT2D eigenvalue weighted by Gasteiger charge is 2.21. The molecule has 52 heavy (non-hydrogen) atoms. The highest BCUT2D eigenvalue weighted by atomic mass is 16.3. The average Bonchev–Trinajstić information content (AvgIpc) is 3.62. The van der Waals surface area contributed by atoms with Crippen molar-refractivity contribution in [3.05, 3.63) is 200 Å². The molecule has 2 heteroatoms. The lowest BCUT2D eigenvalue weighted by molar-refractivity contribution is 0.673. The van der Waals surface area contributed by atoms with Crippen LogP contribution in [0.1, 0.15) is 0 Å². The topological polar surface area (TPSA) is 16.4 Å². The Labute approximate surface area is 302 Å². The Morgan fingerprint density at radius 2 is 0.962 bits per heavy atom. The highest BCUT2D eigenvalue weighted by Crippen LogP contribution is 2.45. The number of para-hydroxylation sites is 2. The summed E-state index contributed by atoms with van der Waals surface area (Å²) in [6.45, 7) is 0. The van der Waals surface area contributed by atoms with Crippen LogP contribution in [-0.4, -0.2) is 0 Å². The number of benzene rings is 9. The maximum absolute atomic E-state index is 6.59. The Bertz CT molecular complexity index is 2900. The van der Waals surface area contributed by atoms with Crippen molar-refractivity contribution in [3.63, 3.8) is 0 Å². The fraction of sp³-hybridized carbons (Fsp3) is 0. The molecule has 0 fully saturated rings. The van der Waals surface area contributed by atoms with Crippen molar-refractivity contribution in [3.8, 4) is 33.4 Å². The van der Waals surface area contributed by atoms with E-state index in [1.165, 1.54) is 38.4 Å². The molecule has 0 saturated heterocycles. The van der Waals surface area contributed by atoms with E-state index in [-0.39, 0.29) is 0 Å². The Morgan fingerprint density at radius 3 is 1.83 bits per heavy atom. The maximum Gasteiger partial charge on any atom is 0.143 e. The van der Waals surface area contributed by atoms with Crippen LogP contribution in [-0.2, 0) is 0 Å². The summed E-state index contributed by atoms with van der Waals surface area (Å²) in [5.41, 5.74) is 12.2. The van der Waals surface area contributed by atoms with E-state index in [4.69, 9.17) is 4.42 Å². The smallest absolute Gasteiger partial charge is 0.143 e. The van der Waals surface area contributed by atoms with Crippen LogP contribution in [0.2, 0.25) is 0 Å². The molecular weight excluding hydrogens is 631 g/mol. The number of furan rings is 1. The van der Waals surface area contributed by atoms with Gasteiger partial charge >= 0.3 is 0 Å². The summed E-state index contributed by atoms with van der Waals surface area (Å²) in [4.78, 5) is 2.36. The minimum Gasteiger partial charge on any atom is -0.455 e. The van der Waals surface area contributed by atoms with E-state index < -0.39 is 0 Å². The Kier molecular flexibility index (Phi) is 7.18. The van der Waals surface area contributed by atoms with Crippen molar-refractivity contribution < 1.29 is 4.42 Å². The Balaban J connectivity index is 1.08. The van der Waals surface area contributed by atoms with E-state index in [1.54, 1.807) is 0 Å². The van der Waals surface area contributed by atoms with E-state index in [0.717, 1.165) is 55.5 Å². The summed E-state index contributed by atoms with van der Waals surface area (Å²) >= 11 is 0. The third-order valence-corrected chi connectivity index (χ3v) is 10.2. The van der Waals surface area contributed by atoms with Crippen molar-refractivity contribution in [1.82, 2.24) is 0 Å². The van der Waals surface area contributed by atoms with Crippen molar-refractivity contribution in [1.29, 1.82) is 0 Å². The van der Waals surface area contributed by atoms with E-state index >= 15 is 0 Å². The first kappa shape index (κ1) is 30.0. The Morgan fingerprint density at radius 1 is 0.346 bits per heavy atom. The second-order valence-electron chi connectivity index (χ2n) is 13.3. The molecule has 0 unspecified atom stereocenters. The quantitative estimate of drug-likeness (QED) is 0.176. The molecule has 1 heterocycles. The first-order valence-corrected chi connectivity index (χ1v) is 17.8. The number of hydrogen-bond donors (Lipinski definition) is 0. The number of rotatable bonds is 6. The number of hydrogen-bond acceptors (Lipinski definition) is 2. The zero-order chi connectivity index (χ0) is 34.4. The monoisotopic (exact) mass is 663 g/mol. The molecule has 0 saturated carbocycles. The molecule has 9 aromatic carbocycles. The third-order valence-electron chi connectivity index (χ3n) is 10.2. The zero-order valence-electron chi connectivity index (χ0n) is 28.4. The zero-order valence-corrected chi connectivity index (χ0v) is 28.4. The Hall–Kier alpha value is -6.90. The molecule has 0 aliphatic rings. The fourth-order valence-electron chi connectivity index (χ4n) is 7.73. The van der Waals surface area contributed by atoms with Gasteiger partial charge in [0.25, 0.3) is 0 Å². The van der Waals surface area contributed by atoms with Crippen molar-refractivity contribution >= 4 is 60.5 Å². The van der Waals surface area contributed by atoms with Gasteiger partial charge in [0.1, 0.15) is 11.2 Å². The molecule has 10 rings (SSSR count). The minimum atomic E-state index is 0.889. The number of fused-ring (bicyclic) bond motifs is 6. The normalized spacial score (nSPS) is 11.5. The lowest BCUT2D eigenvalue weighted by Crippen LogP contribution is -2.11. The van der Waals surface area contributed by atoms with Gasteiger partial charge in [-0.25, -0.2) is 0 Å². The van der Waals surface area contributed by atoms with Crippen LogP contribution in [0.15, 0.2) is 205 Å². The molecule has 10 aromatic rings. The predicted octanol–water partition coefficient (Wildman–Crippen LogP) is 14.4. The lowest BCUT2D eigenvalue weighted by atomic mass is 9.95. The molecule has 0 aliphatic heterocycles. The van der Waals surface area contributed by atoms with E-state index in [1.807, 2.05) is 0 Å². The second-order valence-corrected chi connectivity index (χ2v) is 13.3. The van der Waals surface area contributed by atoms with Gasteiger partial charge in [-0.3, -0.25) is 0 Å². The van der Waals surface area contributed by atoms with Crippen LogP contribution >= 0.6 is 0 Å². The van der Waals surface area contributed by atoms with Crippen LogP contribution < -0.4 is 4.90 Å². The summed E-state index contributed by atoms with van der Waals surface area (Å²) in [5.74, 6) is 0. The molecule has 0 atom stereocenters. The SMILES string of the molecule is c1ccc(N(c2ccc(-c3cccc(-c4ccc5ccccc5c4)c3)cc2)c2ccccc2-c2cccc3oc4c5ccccc5ccc4c23)cc1. The summed E-state index contributed by atoms with van der Waals surface area (Å²) < 4.78 is 6.59. The molecule has 2 nitrogen and oxygen atoms in total. The van der Waals surface area contributed by atoms with Crippen LogP contribution in [0.5, 0.6) is 0 Å².